The van der Waals surface area contributed by atoms with Crippen LogP contribution in [0.1, 0.15) is 17.2 Å². The number of nitrogens with two attached hydrogens (primary N) is 1. The van der Waals surface area contributed by atoms with Gasteiger partial charge in [-0.2, -0.15) is 0 Å². The number of benzene rings is 2. The molecule has 1 unspecified atom stereocenters. The number of aryl methyl sites for hydroxylation is 1. The molecule has 2 rings (SSSR count). The fourth-order valence-corrected chi connectivity index (χ4v) is 2.39. The van der Waals surface area contributed by atoms with E-state index in [2.05, 4.69) is 0 Å². The average Bonchev–Trinajstić information content (AvgIpc) is 2.42. The van der Waals surface area contributed by atoms with E-state index in [-0.39, 0.29) is 12.6 Å². The molecule has 0 aliphatic heterocycles. The first-order valence-corrected chi connectivity index (χ1v) is 6.48. The highest BCUT2D eigenvalue weighted by molar-refractivity contribution is 5.54. The number of halogens is 2. The van der Waals surface area contributed by atoms with Crippen molar-refractivity contribution < 1.29 is 8.78 Å². The van der Waals surface area contributed by atoms with E-state index in [0.29, 0.717) is 5.56 Å². The lowest BCUT2D eigenvalue weighted by Gasteiger charge is -2.31. The van der Waals surface area contributed by atoms with E-state index in [1.807, 2.05) is 43.1 Å². The van der Waals surface area contributed by atoms with Crippen molar-refractivity contribution in [2.75, 3.05) is 18.5 Å². The van der Waals surface area contributed by atoms with Crippen molar-refractivity contribution in [1.29, 1.82) is 0 Å². The van der Waals surface area contributed by atoms with Gasteiger partial charge in [-0.3, -0.25) is 0 Å². The molecule has 0 aliphatic rings. The molecule has 0 aromatic heterocycles. The van der Waals surface area contributed by atoms with Gasteiger partial charge in [0, 0.05) is 30.9 Å². The first-order chi connectivity index (χ1) is 9.54. The number of nitrogens with zero attached hydrogens (tertiary/aromatic N) is 1. The third-order valence-corrected chi connectivity index (χ3v) is 3.51. The maximum Gasteiger partial charge on any atom is 0.131 e. The van der Waals surface area contributed by atoms with Gasteiger partial charge in [0.25, 0.3) is 0 Å². The SMILES string of the molecule is Cc1ccccc1N(C)C(CN)c1ccc(F)cc1F. The Morgan fingerprint density at radius 2 is 1.85 bits per heavy atom. The molecular weight excluding hydrogens is 258 g/mol. The van der Waals surface area contributed by atoms with E-state index < -0.39 is 11.6 Å². The summed E-state index contributed by atoms with van der Waals surface area (Å²) in [4.78, 5) is 1.92. The molecule has 4 heteroatoms. The van der Waals surface area contributed by atoms with Crippen LogP contribution < -0.4 is 10.6 Å². The molecular formula is C16H18F2N2. The van der Waals surface area contributed by atoms with Gasteiger partial charge in [0.2, 0.25) is 0 Å². The first-order valence-electron chi connectivity index (χ1n) is 6.48. The minimum absolute atomic E-state index is 0.243. The van der Waals surface area contributed by atoms with E-state index in [1.54, 1.807) is 0 Å². The maximum absolute atomic E-state index is 13.9. The minimum atomic E-state index is -0.583. The number of likely N-dealkylation sites (N-methyl/N-ethyl adjacent to an activating group) is 1. The van der Waals surface area contributed by atoms with Gasteiger partial charge in [-0.15, -0.1) is 0 Å². The molecule has 2 nitrogen and oxygen atoms in total. The zero-order valence-corrected chi connectivity index (χ0v) is 11.6. The van der Waals surface area contributed by atoms with E-state index in [9.17, 15) is 8.78 Å². The molecule has 0 saturated heterocycles. The van der Waals surface area contributed by atoms with Crippen LogP contribution in [-0.2, 0) is 0 Å². The van der Waals surface area contributed by atoms with Gasteiger partial charge in [-0.1, -0.05) is 24.3 Å². The highest BCUT2D eigenvalue weighted by Crippen LogP contribution is 2.29. The molecule has 1 atom stereocenters. The second-order valence-electron chi connectivity index (χ2n) is 4.81. The van der Waals surface area contributed by atoms with E-state index in [4.69, 9.17) is 5.73 Å². The molecule has 2 aromatic carbocycles. The number of para-hydroxylation sites is 1. The molecule has 0 radical (unpaired) electrons. The third-order valence-electron chi connectivity index (χ3n) is 3.51. The Morgan fingerprint density at radius 1 is 1.15 bits per heavy atom. The molecule has 0 heterocycles. The number of hydrogen-bond donors (Lipinski definition) is 1. The van der Waals surface area contributed by atoms with E-state index >= 15 is 0 Å². The van der Waals surface area contributed by atoms with E-state index in [0.717, 1.165) is 17.3 Å². The van der Waals surface area contributed by atoms with Crippen LogP contribution in [-0.4, -0.2) is 13.6 Å². The second kappa shape index (κ2) is 6.01. The second-order valence-corrected chi connectivity index (χ2v) is 4.81. The quantitative estimate of drug-likeness (QED) is 0.927. The molecule has 106 valence electrons. The standard InChI is InChI=1S/C16H18F2N2/c1-11-5-3-4-6-15(11)20(2)16(10-19)13-8-7-12(17)9-14(13)18/h3-9,16H,10,19H2,1-2H3. The van der Waals surface area contributed by atoms with Crippen LogP contribution in [0.2, 0.25) is 0 Å². The molecule has 0 amide bonds. The van der Waals surface area contributed by atoms with Gasteiger partial charge >= 0.3 is 0 Å². The predicted octanol–water partition coefficient (Wildman–Crippen LogP) is 3.41. The zero-order valence-electron chi connectivity index (χ0n) is 11.6. The Hall–Kier alpha value is -1.94. The summed E-state index contributed by atoms with van der Waals surface area (Å²) < 4.78 is 27.0. The summed E-state index contributed by atoms with van der Waals surface area (Å²) in [7, 11) is 1.86. The summed E-state index contributed by atoms with van der Waals surface area (Å²) in [6, 6.07) is 11.1. The number of rotatable bonds is 4. The predicted molar refractivity (Wildman–Crippen MR) is 77.7 cm³/mol. The zero-order chi connectivity index (χ0) is 14.7. The van der Waals surface area contributed by atoms with Crippen LogP contribution in [0.4, 0.5) is 14.5 Å². The smallest absolute Gasteiger partial charge is 0.131 e. The molecule has 2 aromatic rings. The van der Waals surface area contributed by atoms with Crippen molar-refractivity contribution in [2.45, 2.75) is 13.0 Å². The Labute approximate surface area is 117 Å². The fourth-order valence-electron chi connectivity index (χ4n) is 2.39. The van der Waals surface area contributed by atoms with Gasteiger partial charge in [-0.05, 0) is 24.6 Å². The Kier molecular flexibility index (Phi) is 4.35. The fraction of sp³-hybridized carbons (Fsp3) is 0.250. The van der Waals surface area contributed by atoms with Crippen molar-refractivity contribution in [3.8, 4) is 0 Å². The van der Waals surface area contributed by atoms with Crippen molar-refractivity contribution in [2.24, 2.45) is 5.73 Å². The van der Waals surface area contributed by atoms with Gasteiger partial charge in [-0.25, -0.2) is 8.78 Å². The normalized spacial score (nSPS) is 12.2. The van der Waals surface area contributed by atoms with Crippen LogP contribution in [0.3, 0.4) is 0 Å². The van der Waals surface area contributed by atoms with Crippen LogP contribution in [0.25, 0.3) is 0 Å². The van der Waals surface area contributed by atoms with Crippen LogP contribution in [0, 0.1) is 18.6 Å². The van der Waals surface area contributed by atoms with Gasteiger partial charge in [0.05, 0.1) is 6.04 Å². The van der Waals surface area contributed by atoms with Crippen molar-refractivity contribution in [1.82, 2.24) is 0 Å². The first kappa shape index (κ1) is 14.5. The molecule has 0 fully saturated rings. The van der Waals surface area contributed by atoms with Gasteiger partial charge in [0.1, 0.15) is 11.6 Å². The third kappa shape index (κ3) is 2.80. The Morgan fingerprint density at radius 3 is 2.45 bits per heavy atom. The summed E-state index contributed by atoms with van der Waals surface area (Å²) in [5.74, 6) is -1.15. The maximum atomic E-state index is 13.9. The molecule has 0 aliphatic carbocycles. The molecule has 2 N–H and O–H groups in total. The lowest BCUT2D eigenvalue weighted by molar-refractivity contribution is 0.549. The van der Waals surface area contributed by atoms with Crippen LogP contribution in [0.15, 0.2) is 42.5 Å². The summed E-state index contributed by atoms with van der Waals surface area (Å²) in [5.41, 5.74) is 8.26. The van der Waals surface area contributed by atoms with E-state index in [1.165, 1.54) is 12.1 Å². The molecule has 0 spiro atoms. The van der Waals surface area contributed by atoms with Crippen LogP contribution in [0.5, 0.6) is 0 Å². The molecule has 0 bridgehead atoms. The lowest BCUT2D eigenvalue weighted by Crippen LogP contribution is -2.31. The van der Waals surface area contributed by atoms with Gasteiger partial charge in [0.15, 0.2) is 0 Å². The lowest BCUT2D eigenvalue weighted by atomic mass is 10.0. The summed E-state index contributed by atoms with van der Waals surface area (Å²) in [6.07, 6.45) is 0. The van der Waals surface area contributed by atoms with Crippen molar-refractivity contribution in [3.63, 3.8) is 0 Å². The summed E-state index contributed by atoms with van der Waals surface area (Å²) in [5, 5.41) is 0. The number of anilines is 1. The topological polar surface area (TPSA) is 29.3 Å². The van der Waals surface area contributed by atoms with Crippen molar-refractivity contribution >= 4 is 5.69 Å². The molecule has 0 saturated carbocycles. The minimum Gasteiger partial charge on any atom is -0.366 e. The molecule has 20 heavy (non-hydrogen) atoms. The monoisotopic (exact) mass is 276 g/mol. The highest BCUT2D eigenvalue weighted by Gasteiger charge is 2.20. The van der Waals surface area contributed by atoms with Crippen LogP contribution >= 0.6 is 0 Å². The van der Waals surface area contributed by atoms with Crippen molar-refractivity contribution in [3.05, 3.63) is 65.2 Å². The Bertz CT molecular complexity index is 599. The van der Waals surface area contributed by atoms with Gasteiger partial charge < -0.3 is 10.6 Å². The Balaban J connectivity index is 2.39. The average molecular weight is 276 g/mol. The summed E-state index contributed by atoms with van der Waals surface area (Å²) >= 11 is 0. The summed E-state index contributed by atoms with van der Waals surface area (Å²) in [6.45, 7) is 2.23. The largest absolute Gasteiger partial charge is 0.366 e. The highest BCUT2D eigenvalue weighted by atomic mass is 19.1. The number of hydrogen-bond acceptors (Lipinski definition) is 2.